The summed E-state index contributed by atoms with van der Waals surface area (Å²) >= 11 is 0. The second kappa shape index (κ2) is 10.1. The minimum Gasteiger partial charge on any atom is -0.385 e. The van der Waals surface area contributed by atoms with Crippen LogP contribution in [0.4, 0.5) is 17.2 Å². The molecule has 0 bridgehead atoms. The van der Waals surface area contributed by atoms with Crippen LogP contribution in [-0.2, 0) is 4.74 Å². The minimum atomic E-state index is -0.115. The van der Waals surface area contributed by atoms with Gasteiger partial charge in [0.15, 0.2) is 0 Å². The maximum atomic E-state index is 12.1. The van der Waals surface area contributed by atoms with Crippen LogP contribution < -0.4 is 15.5 Å². The monoisotopic (exact) mass is 382 g/mol. The molecule has 150 valence electrons. The highest BCUT2D eigenvalue weighted by Gasteiger charge is 2.15. The van der Waals surface area contributed by atoms with Gasteiger partial charge in [-0.25, -0.2) is 4.98 Å². The highest BCUT2D eigenvalue weighted by atomic mass is 16.5. The van der Waals surface area contributed by atoms with E-state index in [-0.39, 0.29) is 5.91 Å². The quantitative estimate of drug-likeness (QED) is 0.679. The van der Waals surface area contributed by atoms with Crippen LogP contribution in [0.5, 0.6) is 0 Å². The Morgan fingerprint density at radius 3 is 2.57 bits per heavy atom. The van der Waals surface area contributed by atoms with Gasteiger partial charge in [-0.3, -0.25) is 4.79 Å². The summed E-state index contributed by atoms with van der Waals surface area (Å²) in [7, 11) is 1.65. The van der Waals surface area contributed by atoms with E-state index >= 15 is 0 Å². The predicted molar refractivity (Wildman–Crippen MR) is 113 cm³/mol. The fraction of sp³-hybridized carbons (Fsp3) is 0.455. The molecular formula is C22H30N4O2. The Balaban J connectivity index is 1.51. The molecule has 2 aromatic rings. The summed E-state index contributed by atoms with van der Waals surface area (Å²) in [6.07, 6.45) is 4.91. The van der Waals surface area contributed by atoms with Gasteiger partial charge < -0.3 is 20.3 Å². The van der Waals surface area contributed by atoms with E-state index in [0.717, 1.165) is 36.9 Å². The maximum Gasteiger partial charge on any atom is 0.252 e. The Kier molecular flexibility index (Phi) is 7.25. The van der Waals surface area contributed by atoms with E-state index in [1.165, 1.54) is 18.5 Å². The molecule has 6 heteroatoms. The molecule has 0 atom stereocenters. The minimum absolute atomic E-state index is 0.115. The molecule has 0 aliphatic carbocycles. The Labute approximate surface area is 167 Å². The molecule has 1 fully saturated rings. The van der Waals surface area contributed by atoms with Crippen LogP contribution >= 0.6 is 0 Å². The molecule has 3 rings (SSSR count). The lowest BCUT2D eigenvalue weighted by atomic mass is 9.99. The van der Waals surface area contributed by atoms with Crippen molar-refractivity contribution in [2.24, 2.45) is 5.92 Å². The van der Waals surface area contributed by atoms with Crippen molar-refractivity contribution in [1.82, 2.24) is 10.3 Å². The van der Waals surface area contributed by atoms with E-state index in [1.807, 2.05) is 6.07 Å². The number of amides is 1. The van der Waals surface area contributed by atoms with Crippen molar-refractivity contribution >= 4 is 23.1 Å². The van der Waals surface area contributed by atoms with E-state index in [0.29, 0.717) is 18.7 Å². The van der Waals surface area contributed by atoms with E-state index in [1.54, 1.807) is 19.4 Å². The molecule has 0 radical (unpaired) electrons. The van der Waals surface area contributed by atoms with Gasteiger partial charge in [0, 0.05) is 50.9 Å². The Hall–Kier alpha value is -2.60. The molecule has 2 heterocycles. The second-order valence-corrected chi connectivity index (χ2v) is 7.38. The van der Waals surface area contributed by atoms with Crippen molar-refractivity contribution in [3.05, 3.63) is 48.2 Å². The van der Waals surface area contributed by atoms with Gasteiger partial charge >= 0.3 is 0 Å². The topological polar surface area (TPSA) is 66.5 Å². The van der Waals surface area contributed by atoms with Crippen molar-refractivity contribution in [3.63, 3.8) is 0 Å². The largest absolute Gasteiger partial charge is 0.385 e. The third-order valence-corrected chi connectivity index (χ3v) is 5.12. The van der Waals surface area contributed by atoms with Crippen LogP contribution in [-0.4, -0.2) is 44.2 Å². The third kappa shape index (κ3) is 5.70. The Morgan fingerprint density at radius 1 is 1.18 bits per heavy atom. The number of benzene rings is 1. The number of ether oxygens (including phenoxy) is 1. The summed E-state index contributed by atoms with van der Waals surface area (Å²) in [6.45, 7) is 5.81. The average Bonchev–Trinajstić information content (AvgIpc) is 2.73. The number of carbonyl (C=O) groups is 1. The number of piperidine rings is 1. The van der Waals surface area contributed by atoms with E-state index in [4.69, 9.17) is 4.74 Å². The SMILES string of the molecule is COCCCNC(=O)c1ccc(Nc2ccc(N3CCC(C)CC3)cc2)nc1. The number of methoxy groups -OCH3 is 1. The van der Waals surface area contributed by atoms with Gasteiger partial charge in [0.2, 0.25) is 0 Å². The molecule has 1 saturated heterocycles. The van der Waals surface area contributed by atoms with Crippen molar-refractivity contribution in [1.29, 1.82) is 0 Å². The van der Waals surface area contributed by atoms with Crippen LogP contribution in [0.1, 0.15) is 36.5 Å². The number of hydrogen-bond donors (Lipinski definition) is 2. The zero-order chi connectivity index (χ0) is 19.8. The van der Waals surface area contributed by atoms with E-state index in [9.17, 15) is 4.79 Å². The maximum absolute atomic E-state index is 12.1. The summed E-state index contributed by atoms with van der Waals surface area (Å²) in [5.74, 6) is 1.43. The van der Waals surface area contributed by atoms with E-state index in [2.05, 4.69) is 51.7 Å². The summed E-state index contributed by atoms with van der Waals surface area (Å²) in [6, 6.07) is 12.1. The lowest BCUT2D eigenvalue weighted by Crippen LogP contribution is -2.32. The molecule has 0 unspecified atom stereocenters. The van der Waals surface area contributed by atoms with Gasteiger partial charge in [-0.2, -0.15) is 0 Å². The number of rotatable bonds is 8. The zero-order valence-corrected chi connectivity index (χ0v) is 16.8. The fourth-order valence-corrected chi connectivity index (χ4v) is 3.29. The van der Waals surface area contributed by atoms with Gasteiger partial charge in [-0.15, -0.1) is 0 Å². The van der Waals surface area contributed by atoms with Crippen molar-refractivity contribution < 1.29 is 9.53 Å². The number of nitrogens with zero attached hydrogens (tertiary/aromatic N) is 2. The number of aromatic nitrogens is 1. The van der Waals surface area contributed by atoms with Crippen LogP contribution in [0.15, 0.2) is 42.6 Å². The number of nitrogens with one attached hydrogen (secondary N) is 2. The second-order valence-electron chi connectivity index (χ2n) is 7.38. The Bertz CT molecular complexity index is 738. The lowest BCUT2D eigenvalue weighted by Gasteiger charge is -2.32. The normalized spacial score (nSPS) is 14.7. The van der Waals surface area contributed by atoms with Crippen LogP contribution in [0.2, 0.25) is 0 Å². The van der Waals surface area contributed by atoms with Crippen molar-refractivity contribution in [2.75, 3.05) is 43.6 Å². The molecule has 1 aliphatic heterocycles. The van der Waals surface area contributed by atoms with Crippen LogP contribution in [0, 0.1) is 5.92 Å². The molecule has 1 amide bonds. The van der Waals surface area contributed by atoms with Gasteiger partial charge in [-0.05, 0) is 61.6 Å². The highest BCUT2D eigenvalue weighted by molar-refractivity contribution is 5.94. The number of carbonyl (C=O) groups excluding carboxylic acids is 1. The smallest absolute Gasteiger partial charge is 0.252 e. The number of anilines is 3. The molecule has 2 N–H and O–H groups in total. The molecule has 0 spiro atoms. The third-order valence-electron chi connectivity index (χ3n) is 5.12. The molecule has 0 saturated carbocycles. The summed E-state index contributed by atoms with van der Waals surface area (Å²) in [5.41, 5.74) is 2.81. The zero-order valence-electron chi connectivity index (χ0n) is 16.8. The summed E-state index contributed by atoms with van der Waals surface area (Å²) in [5, 5.41) is 6.15. The van der Waals surface area contributed by atoms with Crippen LogP contribution in [0.25, 0.3) is 0 Å². The highest BCUT2D eigenvalue weighted by Crippen LogP contribution is 2.25. The van der Waals surface area contributed by atoms with Gasteiger partial charge in [-0.1, -0.05) is 6.92 Å². The standard InChI is InChI=1S/C22H30N4O2/c1-17-10-13-26(14-11-17)20-7-5-19(6-8-20)25-21-9-4-18(16-24-21)22(27)23-12-3-15-28-2/h4-9,16-17H,3,10-15H2,1-2H3,(H,23,27)(H,24,25). The van der Waals surface area contributed by atoms with E-state index < -0.39 is 0 Å². The molecule has 1 aromatic heterocycles. The number of pyridine rings is 1. The molecule has 6 nitrogen and oxygen atoms in total. The Morgan fingerprint density at radius 2 is 1.93 bits per heavy atom. The average molecular weight is 383 g/mol. The predicted octanol–water partition coefficient (Wildman–Crippen LogP) is 3.83. The van der Waals surface area contributed by atoms with Gasteiger partial charge in [0.05, 0.1) is 5.56 Å². The number of hydrogen-bond acceptors (Lipinski definition) is 5. The molecule has 1 aromatic carbocycles. The molecule has 1 aliphatic rings. The molecule has 28 heavy (non-hydrogen) atoms. The van der Waals surface area contributed by atoms with Crippen LogP contribution in [0.3, 0.4) is 0 Å². The first kappa shape index (κ1) is 20.1. The fourth-order valence-electron chi connectivity index (χ4n) is 3.29. The summed E-state index contributed by atoms with van der Waals surface area (Å²) in [4.78, 5) is 18.9. The first-order chi connectivity index (χ1) is 13.7. The molecular weight excluding hydrogens is 352 g/mol. The lowest BCUT2D eigenvalue weighted by molar-refractivity contribution is 0.0948. The first-order valence-electron chi connectivity index (χ1n) is 10.0. The summed E-state index contributed by atoms with van der Waals surface area (Å²) < 4.78 is 4.97. The van der Waals surface area contributed by atoms with Gasteiger partial charge in [0.1, 0.15) is 5.82 Å². The first-order valence-corrected chi connectivity index (χ1v) is 10.0. The van der Waals surface area contributed by atoms with Gasteiger partial charge in [0.25, 0.3) is 5.91 Å². The van der Waals surface area contributed by atoms with Crippen molar-refractivity contribution in [3.8, 4) is 0 Å². The van der Waals surface area contributed by atoms with Crippen molar-refractivity contribution in [2.45, 2.75) is 26.2 Å².